The van der Waals surface area contributed by atoms with Gasteiger partial charge in [-0.1, -0.05) is 41.9 Å². The van der Waals surface area contributed by atoms with E-state index >= 15 is 0 Å². The molecule has 1 fully saturated rings. The van der Waals surface area contributed by atoms with Crippen molar-refractivity contribution >= 4 is 5.91 Å². The number of rotatable bonds is 6. The summed E-state index contributed by atoms with van der Waals surface area (Å²) < 4.78 is 5.30. The van der Waals surface area contributed by atoms with Gasteiger partial charge in [-0.05, 0) is 31.9 Å². The first-order chi connectivity index (χ1) is 11.7. The van der Waals surface area contributed by atoms with Gasteiger partial charge in [0.15, 0.2) is 5.82 Å². The molecule has 6 heteroatoms. The molecule has 1 aliphatic rings. The molecule has 0 radical (unpaired) electrons. The normalized spacial score (nSPS) is 18.5. The molecule has 128 valence electrons. The summed E-state index contributed by atoms with van der Waals surface area (Å²) >= 11 is 0. The third-order valence-electron chi connectivity index (χ3n) is 4.44. The SMILES string of the molecule is C[C@@H]1CCCCN1Cc1nc(CC(=O)NCc2ccccc2)no1. The van der Waals surface area contributed by atoms with Gasteiger partial charge in [0.1, 0.15) is 0 Å². The fourth-order valence-corrected chi connectivity index (χ4v) is 3.00. The number of piperidine rings is 1. The van der Waals surface area contributed by atoms with Gasteiger partial charge in [0.2, 0.25) is 11.8 Å². The van der Waals surface area contributed by atoms with Gasteiger partial charge in [0.05, 0.1) is 13.0 Å². The quantitative estimate of drug-likeness (QED) is 0.881. The van der Waals surface area contributed by atoms with Crippen molar-refractivity contribution in [1.82, 2.24) is 20.4 Å². The van der Waals surface area contributed by atoms with Crippen LogP contribution >= 0.6 is 0 Å². The first-order valence-corrected chi connectivity index (χ1v) is 8.57. The molecule has 1 aliphatic heterocycles. The van der Waals surface area contributed by atoms with E-state index in [4.69, 9.17) is 4.52 Å². The van der Waals surface area contributed by atoms with Crippen molar-refractivity contribution in [2.24, 2.45) is 0 Å². The van der Waals surface area contributed by atoms with Crippen LogP contribution in [-0.4, -0.2) is 33.5 Å². The van der Waals surface area contributed by atoms with Crippen molar-refractivity contribution in [3.8, 4) is 0 Å². The van der Waals surface area contributed by atoms with Gasteiger partial charge in [-0.25, -0.2) is 0 Å². The van der Waals surface area contributed by atoms with Crippen LogP contribution in [-0.2, 0) is 24.3 Å². The van der Waals surface area contributed by atoms with E-state index in [0.717, 1.165) is 12.1 Å². The van der Waals surface area contributed by atoms with Crippen LogP contribution in [0.5, 0.6) is 0 Å². The summed E-state index contributed by atoms with van der Waals surface area (Å²) in [5.41, 5.74) is 1.07. The Labute approximate surface area is 142 Å². The maximum absolute atomic E-state index is 12.0. The van der Waals surface area contributed by atoms with E-state index in [1.54, 1.807) is 0 Å². The zero-order valence-corrected chi connectivity index (χ0v) is 14.1. The number of carbonyl (C=O) groups is 1. The van der Waals surface area contributed by atoms with E-state index in [1.807, 2.05) is 30.3 Å². The Morgan fingerprint density at radius 1 is 1.33 bits per heavy atom. The monoisotopic (exact) mass is 328 g/mol. The molecule has 1 amide bonds. The van der Waals surface area contributed by atoms with Crippen molar-refractivity contribution in [2.75, 3.05) is 6.54 Å². The van der Waals surface area contributed by atoms with E-state index < -0.39 is 0 Å². The number of carbonyl (C=O) groups excluding carboxylic acids is 1. The summed E-state index contributed by atoms with van der Waals surface area (Å²) in [5, 5.41) is 6.80. The Hall–Kier alpha value is -2.21. The van der Waals surface area contributed by atoms with Gasteiger partial charge in [-0.2, -0.15) is 4.98 Å². The Balaban J connectivity index is 1.47. The predicted octanol–water partition coefficient (Wildman–Crippen LogP) is 2.30. The zero-order valence-electron chi connectivity index (χ0n) is 14.1. The number of amides is 1. The molecule has 1 saturated heterocycles. The summed E-state index contributed by atoms with van der Waals surface area (Å²) in [6, 6.07) is 10.4. The molecule has 0 spiro atoms. The number of hydrogen-bond donors (Lipinski definition) is 1. The Bertz CT molecular complexity index is 656. The minimum Gasteiger partial charge on any atom is -0.352 e. The molecule has 0 unspecified atom stereocenters. The maximum atomic E-state index is 12.0. The molecule has 1 N–H and O–H groups in total. The number of nitrogens with one attached hydrogen (secondary N) is 1. The minimum absolute atomic E-state index is 0.0995. The second kappa shape index (κ2) is 8.06. The lowest BCUT2D eigenvalue weighted by molar-refractivity contribution is -0.120. The number of benzene rings is 1. The number of aromatic nitrogens is 2. The van der Waals surface area contributed by atoms with Crippen LogP contribution < -0.4 is 5.32 Å². The van der Waals surface area contributed by atoms with Crippen LogP contribution in [0.2, 0.25) is 0 Å². The Kier molecular flexibility index (Phi) is 5.59. The summed E-state index contributed by atoms with van der Waals surface area (Å²) in [4.78, 5) is 18.7. The van der Waals surface area contributed by atoms with Crippen LogP contribution in [0.25, 0.3) is 0 Å². The lowest BCUT2D eigenvalue weighted by atomic mass is 10.0. The van der Waals surface area contributed by atoms with Gasteiger partial charge in [0, 0.05) is 12.6 Å². The molecule has 24 heavy (non-hydrogen) atoms. The fourth-order valence-electron chi connectivity index (χ4n) is 3.00. The molecular weight excluding hydrogens is 304 g/mol. The highest BCUT2D eigenvalue weighted by atomic mass is 16.5. The van der Waals surface area contributed by atoms with E-state index in [0.29, 0.717) is 30.8 Å². The Morgan fingerprint density at radius 3 is 2.96 bits per heavy atom. The molecule has 1 atom stereocenters. The number of nitrogens with zero attached hydrogens (tertiary/aromatic N) is 3. The van der Waals surface area contributed by atoms with Crippen LogP contribution in [0.1, 0.15) is 43.5 Å². The van der Waals surface area contributed by atoms with Gasteiger partial charge in [-0.3, -0.25) is 9.69 Å². The molecule has 2 aromatic rings. The van der Waals surface area contributed by atoms with Gasteiger partial charge in [0.25, 0.3) is 0 Å². The Morgan fingerprint density at radius 2 is 2.17 bits per heavy atom. The fraction of sp³-hybridized carbons (Fsp3) is 0.500. The van der Waals surface area contributed by atoms with Crippen molar-refractivity contribution in [2.45, 2.75) is 51.7 Å². The third-order valence-corrected chi connectivity index (χ3v) is 4.44. The van der Waals surface area contributed by atoms with Crippen LogP contribution in [0.4, 0.5) is 0 Å². The first kappa shape index (κ1) is 16.6. The van der Waals surface area contributed by atoms with E-state index in [9.17, 15) is 4.79 Å². The molecule has 1 aromatic heterocycles. The molecule has 0 aliphatic carbocycles. The summed E-state index contributed by atoms with van der Waals surface area (Å²) in [6.45, 7) is 4.47. The van der Waals surface area contributed by atoms with E-state index in [-0.39, 0.29) is 12.3 Å². The zero-order chi connectivity index (χ0) is 16.8. The molecule has 0 bridgehead atoms. The smallest absolute Gasteiger partial charge is 0.240 e. The highest BCUT2D eigenvalue weighted by Gasteiger charge is 2.21. The lowest BCUT2D eigenvalue weighted by Gasteiger charge is -2.31. The van der Waals surface area contributed by atoms with Crippen LogP contribution in [0.15, 0.2) is 34.9 Å². The maximum Gasteiger partial charge on any atom is 0.240 e. The number of likely N-dealkylation sites (tertiary alicyclic amines) is 1. The van der Waals surface area contributed by atoms with Crippen molar-refractivity contribution < 1.29 is 9.32 Å². The van der Waals surface area contributed by atoms with Crippen molar-refractivity contribution in [1.29, 1.82) is 0 Å². The number of hydrogen-bond acceptors (Lipinski definition) is 5. The standard InChI is InChI=1S/C18H24N4O2/c1-14-7-5-6-10-22(14)13-18-20-16(21-24-18)11-17(23)19-12-15-8-3-2-4-9-15/h2-4,8-9,14H,5-7,10-13H2,1H3,(H,19,23)/t14-/m1/s1. The lowest BCUT2D eigenvalue weighted by Crippen LogP contribution is -2.36. The minimum atomic E-state index is -0.0995. The van der Waals surface area contributed by atoms with Crippen molar-refractivity contribution in [3.05, 3.63) is 47.6 Å². The van der Waals surface area contributed by atoms with Gasteiger partial charge in [-0.15, -0.1) is 0 Å². The summed E-state index contributed by atoms with van der Waals surface area (Å²) in [7, 11) is 0. The second-order valence-corrected chi connectivity index (χ2v) is 6.36. The summed E-state index contributed by atoms with van der Waals surface area (Å²) in [6.07, 6.45) is 3.86. The van der Waals surface area contributed by atoms with E-state index in [1.165, 1.54) is 19.3 Å². The average Bonchev–Trinajstić information content (AvgIpc) is 3.03. The largest absolute Gasteiger partial charge is 0.352 e. The molecule has 0 saturated carbocycles. The molecule has 3 rings (SSSR count). The van der Waals surface area contributed by atoms with Crippen LogP contribution in [0, 0.1) is 0 Å². The third kappa shape index (κ3) is 4.64. The molecule has 6 nitrogen and oxygen atoms in total. The van der Waals surface area contributed by atoms with Crippen molar-refractivity contribution in [3.63, 3.8) is 0 Å². The van der Waals surface area contributed by atoms with E-state index in [2.05, 4.69) is 27.3 Å². The second-order valence-electron chi connectivity index (χ2n) is 6.36. The van der Waals surface area contributed by atoms with Gasteiger partial charge >= 0.3 is 0 Å². The summed E-state index contributed by atoms with van der Waals surface area (Å²) in [5.74, 6) is 0.937. The topological polar surface area (TPSA) is 71.3 Å². The first-order valence-electron chi connectivity index (χ1n) is 8.57. The molecule has 1 aromatic carbocycles. The predicted molar refractivity (Wildman–Crippen MR) is 90.0 cm³/mol. The molecule has 2 heterocycles. The molecular formula is C18H24N4O2. The highest BCUT2D eigenvalue weighted by molar-refractivity contribution is 5.77. The average molecular weight is 328 g/mol. The van der Waals surface area contributed by atoms with Crippen LogP contribution in [0.3, 0.4) is 0 Å². The highest BCUT2D eigenvalue weighted by Crippen LogP contribution is 2.18. The van der Waals surface area contributed by atoms with Gasteiger partial charge < -0.3 is 9.84 Å².